The molecule has 8 heteroatoms. The molecule has 0 spiro atoms. The highest BCUT2D eigenvalue weighted by atomic mass is 19.4. The first kappa shape index (κ1) is 30.9. The van der Waals surface area contributed by atoms with Crippen LogP contribution in [0.15, 0.2) is 66.7 Å². The molecule has 40 heavy (non-hydrogen) atoms. The monoisotopic (exact) mass is 558 g/mol. The SMILES string of the molecule is CC(F)(F)F.CCOC(=O)COc1cc(Oc2ccc(C3CCC3)cc2)ccc1Oc1ccc(C(C)(C)C)cc1. The topological polar surface area (TPSA) is 54.0 Å². The summed E-state index contributed by atoms with van der Waals surface area (Å²) in [4.78, 5) is 11.9. The second kappa shape index (κ2) is 13.6. The van der Waals surface area contributed by atoms with Gasteiger partial charge in [-0.05, 0) is 78.6 Å². The number of ether oxygens (including phenoxy) is 4. The Morgan fingerprint density at radius 1 is 0.800 bits per heavy atom. The smallest absolute Gasteiger partial charge is 0.386 e. The molecular weight excluding hydrogens is 521 g/mol. The van der Waals surface area contributed by atoms with Crippen LogP contribution in [0.5, 0.6) is 28.7 Å². The molecule has 0 aromatic heterocycles. The molecule has 0 amide bonds. The Morgan fingerprint density at radius 2 is 1.35 bits per heavy atom. The summed E-state index contributed by atoms with van der Waals surface area (Å²) in [5.41, 5.74) is 2.64. The molecule has 1 aliphatic rings. The third-order valence-corrected chi connectivity index (χ3v) is 6.21. The van der Waals surface area contributed by atoms with Crippen molar-refractivity contribution in [3.63, 3.8) is 0 Å². The first-order chi connectivity index (χ1) is 18.8. The third-order valence-electron chi connectivity index (χ3n) is 6.21. The van der Waals surface area contributed by atoms with E-state index < -0.39 is 12.1 Å². The zero-order chi connectivity index (χ0) is 29.3. The molecule has 0 aliphatic heterocycles. The van der Waals surface area contributed by atoms with Gasteiger partial charge in [-0.1, -0.05) is 51.5 Å². The van der Waals surface area contributed by atoms with Crippen molar-refractivity contribution in [2.75, 3.05) is 13.2 Å². The van der Waals surface area contributed by atoms with E-state index in [0.717, 1.165) is 5.75 Å². The molecule has 216 valence electrons. The number of alkyl halides is 3. The van der Waals surface area contributed by atoms with E-state index >= 15 is 0 Å². The lowest BCUT2D eigenvalue weighted by Crippen LogP contribution is -2.14. The van der Waals surface area contributed by atoms with Gasteiger partial charge < -0.3 is 18.9 Å². The van der Waals surface area contributed by atoms with Crippen LogP contribution in [-0.2, 0) is 14.9 Å². The average Bonchev–Trinajstić information content (AvgIpc) is 2.83. The van der Waals surface area contributed by atoms with Gasteiger partial charge in [0.2, 0.25) is 0 Å². The maximum Gasteiger partial charge on any atom is 0.386 e. The number of rotatable bonds is 9. The van der Waals surface area contributed by atoms with Crippen LogP contribution in [0.25, 0.3) is 0 Å². The maximum absolute atomic E-state index is 11.9. The van der Waals surface area contributed by atoms with Crippen LogP contribution >= 0.6 is 0 Å². The minimum atomic E-state index is -4.00. The minimum absolute atomic E-state index is 0.0571. The van der Waals surface area contributed by atoms with Gasteiger partial charge >= 0.3 is 12.1 Å². The van der Waals surface area contributed by atoms with E-state index in [1.165, 1.54) is 30.4 Å². The Morgan fingerprint density at radius 3 is 1.88 bits per heavy atom. The maximum atomic E-state index is 11.9. The van der Waals surface area contributed by atoms with Crippen LogP contribution in [-0.4, -0.2) is 25.4 Å². The molecule has 1 saturated carbocycles. The molecule has 0 N–H and O–H groups in total. The summed E-state index contributed by atoms with van der Waals surface area (Å²) in [6, 6.07) is 21.6. The zero-order valence-electron chi connectivity index (χ0n) is 23.6. The minimum Gasteiger partial charge on any atom is -0.478 e. The Labute approximate surface area is 234 Å². The zero-order valence-corrected chi connectivity index (χ0v) is 23.6. The van der Waals surface area contributed by atoms with Gasteiger partial charge in [0.15, 0.2) is 18.1 Å². The van der Waals surface area contributed by atoms with E-state index in [2.05, 4.69) is 45.0 Å². The lowest BCUT2D eigenvalue weighted by molar-refractivity contribution is -0.145. The summed E-state index contributed by atoms with van der Waals surface area (Å²) in [6.45, 7) is 8.54. The molecule has 0 heterocycles. The third kappa shape index (κ3) is 10.1. The number of hydrogen-bond donors (Lipinski definition) is 0. The Bertz CT molecular complexity index is 1220. The second-order valence-electron chi connectivity index (χ2n) is 10.7. The van der Waals surface area contributed by atoms with E-state index in [4.69, 9.17) is 18.9 Å². The highest BCUT2D eigenvalue weighted by molar-refractivity contribution is 5.71. The predicted molar refractivity (Wildman–Crippen MR) is 149 cm³/mol. The van der Waals surface area contributed by atoms with Crippen molar-refractivity contribution in [2.45, 2.75) is 71.4 Å². The van der Waals surface area contributed by atoms with Gasteiger partial charge in [-0.3, -0.25) is 0 Å². The van der Waals surface area contributed by atoms with Gasteiger partial charge in [0.05, 0.1) is 6.61 Å². The standard InChI is InChI=1S/C30H34O5.C2H3F3/c1-5-32-29(31)20-33-28-19-26(34-24-13-9-22(10-14-24)21-7-6-8-21)17-18-27(28)35-25-15-11-23(12-16-25)30(2,3)4;1-2(3,4)5/h9-19,21H,5-8,20H2,1-4H3;1H3. The number of benzene rings is 3. The predicted octanol–water partition coefficient (Wildman–Crippen LogP) is 9.35. The van der Waals surface area contributed by atoms with Crippen LogP contribution in [0.3, 0.4) is 0 Å². The number of hydrogen-bond acceptors (Lipinski definition) is 5. The lowest BCUT2D eigenvalue weighted by atomic mass is 9.80. The Kier molecular flexibility index (Phi) is 10.5. The van der Waals surface area contributed by atoms with E-state index in [-0.39, 0.29) is 18.9 Å². The largest absolute Gasteiger partial charge is 0.478 e. The molecule has 4 rings (SSSR count). The fraction of sp³-hybridized carbons (Fsp3) is 0.406. The van der Waals surface area contributed by atoms with Crippen LogP contribution in [0.2, 0.25) is 0 Å². The van der Waals surface area contributed by atoms with Gasteiger partial charge in [-0.2, -0.15) is 13.2 Å². The van der Waals surface area contributed by atoms with Gasteiger partial charge in [0.1, 0.15) is 17.2 Å². The molecule has 3 aromatic carbocycles. The lowest BCUT2D eigenvalue weighted by Gasteiger charge is -2.25. The van der Waals surface area contributed by atoms with Gasteiger partial charge in [-0.25, -0.2) is 4.79 Å². The van der Waals surface area contributed by atoms with Crippen molar-refractivity contribution in [1.82, 2.24) is 0 Å². The molecule has 5 nitrogen and oxygen atoms in total. The molecule has 0 atom stereocenters. The van der Waals surface area contributed by atoms with E-state index in [9.17, 15) is 18.0 Å². The highest BCUT2D eigenvalue weighted by Gasteiger charge is 2.19. The van der Waals surface area contributed by atoms with Crippen molar-refractivity contribution >= 4 is 5.97 Å². The van der Waals surface area contributed by atoms with Crippen molar-refractivity contribution in [2.24, 2.45) is 0 Å². The van der Waals surface area contributed by atoms with Crippen LogP contribution < -0.4 is 14.2 Å². The quantitative estimate of drug-likeness (QED) is 0.245. The van der Waals surface area contributed by atoms with Gasteiger partial charge in [-0.15, -0.1) is 0 Å². The number of esters is 1. The first-order valence-corrected chi connectivity index (χ1v) is 13.4. The molecular formula is C32H37F3O5. The van der Waals surface area contributed by atoms with Gasteiger partial charge in [0.25, 0.3) is 0 Å². The molecule has 0 unspecified atom stereocenters. The van der Waals surface area contributed by atoms with E-state index in [1.807, 2.05) is 30.3 Å². The number of carbonyl (C=O) groups excluding carboxylic acids is 1. The first-order valence-electron chi connectivity index (χ1n) is 13.4. The van der Waals surface area contributed by atoms with Crippen molar-refractivity contribution in [3.05, 3.63) is 77.9 Å². The van der Waals surface area contributed by atoms with Crippen molar-refractivity contribution < 1.29 is 36.9 Å². The van der Waals surface area contributed by atoms with Crippen LogP contribution in [0, 0.1) is 0 Å². The Hall–Kier alpha value is -3.68. The number of carbonyl (C=O) groups is 1. The molecule has 1 aliphatic carbocycles. The van der Waals surface area contributed by atoms with Crippen molar-refractivity contribution in [1.29, 1.82) is 0 Å². The summed E-state index contributed by atoms with van der Waals surface area (Å²) < 4.78 is 54.0. The highest BCUT2D eigenvalue weighted by Crippen LogP contribution is 2.39. The van der Waals surface area contributed by atoms with Crippen LogP contribution in [0.1, 0.15) is 70.9 Å². The van der Waals surface area contributed by atoms with Crippen LogP contribution in [0.4, 0.5) is 13.2 Å². The molecule has 0 radical (unpaired) electrons. The molecule has 1 fully saturated rings. The summed E-state index contributed by atoms with van der Waals surface area (Å²) in [5, 5.41) is 0. The van der Waals surface area contributed by atoms with Crippen molar-refractivity contribution in [3.8, 4) is 28.7 Å². The fourth-order valence-electron chi connectivity index (χ4n) is 3.92. The molecule has 0 saturated heterocycles. The summed E-state index contributed by atoms with van der Waals surface area (Å²) >= 11 is 0. The average molecular weight is 559 g/mol. The number of halogens is 3. The second-order valence-corrected chi connectivity index (χ2v) is 10.7. The molecule has 0 bridgehead atoms. The van der Waals surface area contributed by atoms with Gasteiger partial charge in [0, 0.05) is 13.0 Å². The van der Waals surface area contributed by atoms with E-state index in [1.54, 1.807) is 19.1 Å². The summed E-state index contributed by atoms with van der Waals surface area (Å²) in [6.07, 6.45) is -0.157. The van der Waals surface area contributed by atoms with E-state index in [0.29, 0.717) is 35.5 Å². The summed E-state index contributed by atoms with van der Waals surface area (Å²) in [5.74, 6) is 3.16. The fourth-order valence-corrected chi connectivity index (χ4v) is 3.92. The Balaban J connectivity index is 0.000000810. The normalized spacial score (nSPS) is 13.4. The molecule has 3 aromatic rings. The summed E-state index contributed by atoms with van der Waals surface area (Å²) in [7, 11) is 0.